The Morgan fingerprint density at radius 2 is 1.70 bits per heavy atom. The molecule has 1 saturated carbocycles. The molecule has 1 aromatic carbocycles. The van der Waals surface area contributed by atoms with E-state index in [1.54, 1.807) is 13.0 Å². The van der Waals surface area contributed by atoms with E-state index in [9.17, 15) is 14.0 Å². The fraction of sp³-hybridized carbons (Fsp3) is 0.778. The normalized spacial score (nSPS) is 24.3. The molecule has 6 nitrogen and oxygen atoms in total. The smallest absolute Gasteiger partial charge is 0.226 e. The molecule has 3 fully saturated rings. The number of rotatable bonds is 10. The van der Waals surface area contributed by atoms with Crippen LogP contribution in [0.3, 0.4) is 0 Å². The van der Waals surface area contributed by atoms with Crippen molar-refractivity contribution in [2.24, 2.45) is 23.7 Å². The Balaban J connectivity index is 0.00000230. The number of hydrogen-bond donors (Lipinski definition) is 1. The second kappa shape index (κ2) is 16.5. The van der Waals surface area contributed by atoms with Crippen molar-refractivity contribution < 1.29 is 24.5 Å². The summed E-state index contributed by atoms with van der Waals surface area (Å²) < 4.78 is 34.5. The van der Waals surface area contributed by atoms with Crippen LogP contribution >= 0.6 is 0 Å². The highest BCUT2D eigenvalue weighted by atomic mass is 19.1. The van der Waals surface area contributed by atoms with Crippen molar-refractivity contribution in [1.29, 1.82) is 0 Å². The van der Waals surface area contributed by atoms with E-state index in [0.29, 0.717) is 55.3 Å². The topological polar surface area (TPSA) is 61.9 Å². The Bertz CT molecular complexity index is 1070. The van der Waals surface area contributed by atoms with Gasteiger partial charge in [0.2, 0.25) is 11.8 Å². The number of likely N-dealkylation sites (tertiary alicyclic amines) is 1. The molecule has 8 heteroatoms. The third-order valence-electron chi connectivity index (χ3n) is 10.1. The number of halogens is 2. The van der Waals surface area contributed by atoms with Gasteiger partial charge >= 0.3 is 0 Å². The van der Waals surface area contributed by atoms with Crippen LogP contribution in [-0.2, 0) is 14.3 Å². The maximum Gasteiger partial charge on any atom is 0.226 e. The molecule has 44 heavy (non-hydrogen) atoms. The molecule has 2 saturated heterocycles. The van der Waals surface area contributed by atoms with Crippen molar-refractivity contribution >= 4 is 11.8 Å². The summed E-state index contributed by atoms with van der Waals surface area (Å²) in [6.07, 6.45) is 7.19. The van der Waals surface area contributed by atoms with Gasteiger partial charge < -0.3 is 19.9 Å². The first-order valence-electron chi connectivity index (χ1n) is 17.2. The summed E-state index contributed by atoms with van der Waals surface area (Å²) in [7, 11) is 2.13. The Morgan fingerprint density at radius 3 is 2.27 bits per heavy atom. The molecule has 0 aromatic heterocycles. The lowest BCUT2D eigenvalue weighted by Gasteiger charge is -2.41. The molecule has 0 spiro atoms. The molecule has 0 radical (unpaired) electrons. The maximum absolute atomic E-state index is 15.1. The number of benzene rings is 1. The Labute approximate surface area is 267 Å². The number of carbonyl (C=O) groups excluding carboxylic acids is 2. The predicted octanol–water partition coefficient (Wildman–Crippen LogP) is 7.42. The van der Waals surface area contributed by atoms with E-state index in [0.717, 1.165) is 57.8 Å². The summed E-state index contributed by atoms with van der Waals surface area (Å²) in [4.78, 5) is 30.4. The van der Waals surface area contributed by atoms with Gasteiger partial charge in [-0.25, -0.2) is 8.78 Å². The number of nitrogens with zero attached hydrogens (tertiary/aromatic N) is 2. The standard InChI is InChI=1S/C34H53F2N3O3.C2H6.H2/c1-22(2)17-25(21-34(4,5)37-23(3)40)24-9-13-39(14-10-24)33(41)31-20-28(38(6)27-11-15-42-16-12-27)19-30(31)29-8-7-26(35)18-32(29)36;1-2;/h7-8,18,22,24-25,27-28,30-31H,9-17,19-21H2,1-6H3,(H,37,40);1-2H3;1H/t25?,28?,30-,31+;;/m0../s1. The van der Waals surface area contributed by atoms with Gasteiger partial charge in [0.15, 0.2) is 0 Å². The highest BCUT2D eigenvalue weighted by Crippen LogP contribution is 2.45. The fourth-order valence-electron chi connectivity index (χ4n) is 8.21. The van der Waals surface area contributed by atoms with Gasteiger partial charge in [-0.1, -0.05) is 33.8 Å². The number of piperidine rings is 1. The SMILES string of the molecule is CC.CC(=O)NC(C)(C)CC(CC(C)C)C1CCN(C(=O)[C@@H]2CC(N(C)C3CCOCC3)C[C@H]2c2ccc(F)cc2F)CC1.[HH]. The fourth-order valence-corrected chi connectivity index (χ4v) is 8.21. The van der Waals surface area contributed by atoms with E-state index in [2.05, 4.69) is 45.0 Å². The molecular weight excluding hydrogens is 560 g/mol. The first-order chi connectivity index (χ1) is 20.8. The molecule has 252 valence electrons. The van der Waals surface area contributed by atoms with Gasteiger partial charge in [-0.2, -0.15) is 0 Å². The van der Waals surface area contributed by atoms with Crippen molar-refractivity contribution in [3.63, 3.8) is 0 Å². The minimum atomic E-state index is -0.590. The van der Waals surface area contributed by atoms with Crippen LogP contribution < -0.4 is 5.32 Å². The van der Waals surface area contributed by atoms with Gasteiger partial charge in [0.1, 0.15) is 11.6 Å². The largest absolute Gasteiger partial charge is 0.381 e. The van der Waals surface area contributed by atoms with Crippen molar-refractivity contribution in [3.05, 3.63) is 35.4 Å². The molecule has 1 aromatic rings. The minimum Gasteiger partial charge on any atom is -0.381 e. The quantitative estimate of drug-likeness (QED) is 0.296. The van der Waals surface area contributed by atoms with Crippen LogP contribution in [0.15, 0.2) is 18.2 Å². The third kappa shape index (κ3) is 9.72. The predicted molar refractivity (Wildman–Crippen MR) is 175 cm³/mol. The number of ether oxygens (including phenoxy) is 1. The van der Waals surface area contributed by atoms with Crippen LogP contribution in [0.25, 0.3) is 0 Å². The molecule has 1 N–H and O–H groups in total. The van der Waals surface area contributed by atoms with Crippen molar-refractivity contribution in [1.82, 2.24) is 15.1 Å². The zero-order valence-corrected chi connectivity index (χ0v) is 28.6. The summed E-state index contributed by atoms with van der Waals surface area (Å²) in [5.74, 6) is -0.111. The summed E-state index contributed by atoms with van der Waals surface area (Å²) in [6, 6.07) is 4.38. The third-order valence-corrected chi connectivity index (χ3v) is 10.1. The highest BCUT2D eigenvalue weighted by molar-refractivity contribution is 5.80. The van der Waals surface area contributed by atoms with Crippen molar-refractivity contribution in [2.45, 2.75) is 123 Å². The van der Waals surface area contributed by atoms with Crippen LogP contribution in [0, 0.1) is 35.3 Å². The first-order valence-corrected chi connectivity index (χ1v) is 17.2. The molecule has 2 aliphatic heterocycles. The molecule has 4 atom stereocenters. The molecule has 2 unspecified atom stereocenters. The van der Waals surface area contributed by atoms with Crippen LogP contribution in [0.4, 0.5) is 8.78 Å². The monoisotopic (exact) mass is 621 g/mol. The van der Waals surface area contributed by atoms with Crippen LogP contribution in [0.5, 0.6) is 0 Å². The van der Waals surface area contributed by atoms with Crippen molar-refractivity contribution in [2.75, 3.05) is 33.4 Å². The lowest BCUT2D eigenvalue weighted by Crippen LogP contribution is -2.47. The summed E-state index contributed by atoms with van der Waals surface area (Å²) in [5, 5.41) is 3.12. The second-order valence-electron chi connectivity index (χ2n) is 14.3. The highest BCUT2D eigenvalue weighted by Gasteiger charge is 2.45. The van der Waals surface area contributed by atoms with E-state index in [1.807, 2.05) is 18.7 Å². The van der Waals surface area contributed by atoms with Gasteiger partial charge in [-0.15, -0.1) is 0 Å². The maximum atomic E-state index is 15.1. The number of amides is 2. The molecule has 3 aliphatic rings. The Hall–Kier alpha value is -2.06. The van der Waals surface area contributed by atoms with Gasteiger partial charge in [-0.3, -0.25) is 9.59 Å². The summed E-state index contributed by atoms with van der Waals surface area (Å²) >= 11 is 0. The van der Waals surface area contributed by atoms with Gasteiger partial charge in [-0.05, 0) is 108 Å². The number of hydrogen-bond acceptors (Lipinski definition) is 4. The Kier molecular flexibility index (Phi) is 13.6. The zero-order valence-electron chi connectivity index (χ0n) is 28.6. The van der Waals surface area contributed by atoms with Crippen LogP contribution in [-0.4, -0.2) is 72.6 Å². The second-order valence-corrected chi connectivity index (χ2v) is 14.3. The van der Waals surface area contributed by atoms with E-state index < -0.39 is 11.6 Å². The van der Waals surface area contributed by atoms with E-state index in [4.69, 9.17) is 4.74 Å². The van der Waals surface area contributed by atoms with Gasteiger partial charge in [0.05, 0.1) is 0 Å². The summed E-state index contributed by atoms with van der Waals surface area (Å²) in [5.41, 5.74) is 0.185. The minimum absolute atomic E-state index is 0. The number of nitrogens with one attached hydrogen (secondary N) is 1. The molecule has 4 rings (SSSR count). The van der Waals surface area contributed by atoms with Crippen LogP contribution in [0.1, 0.15) is 113 Å². The molecular formula is C36H61F2N3O3. The van der Waals surface area contributed by atoms with E-state index >= 15 is 4.39 Å². The molecule has 2 heterocycles. The average Bonchev–Trinajstić information content (AvgIpc) is 3.41. The average molecular weight is 622 g/mol. The lowest BCUT2D eigenvalue weighted by atomic mass is 9.74. The first kappa shape index (κ1) is 36.4. The van der Waals surface area contributed by atoms with Gasteiger partial charge in [0, 0.05) is 64.3 Å². The van der Waals surface area contributed by atoms with E-state index in [1.165, 1.54) is 6.07 Å². The molecule has 2 amide bonds. The van der Waals surface area contributed by atoms with Crippen LogP contribution in [0.2, 0.25) is 0 Å². The van der Waals surface area contributed by atoms with E-state index in [-0.39, 0.29) is 36.7 Å². The zero-order chi connectivity index (χ0) is 32.6. The summed E-state index contributed by atoms with van der Waals surface area (Å²) in [6.45, 7) is 17.2. The molecule has 1 aliphatic carbocycles. The number of carbonyl (C=O) groups is 2. The van der Waals surface area contributed by atoms with Gasteiger partial charge in [0.25, 0.3) is 0 Å². The molecule has 0 bridgehead atoms. The lowest BCUT2D eigenvalue weighted by molar-refractivity contribution is -0.137. The van der Waals surface area contributed by atoms with Crippen molar-refractivity contribution in [3.8, 4) is 0 Å². The Morgan fingerprint density at radius 1 is 1.07 bits per heavy atom.